The van der Waals surface area contributed by atoms with Gasteiger partial charge in [-0.3, -0.25) is 0 Å². The third-order valence-corrected chi connectivity index (χ3v) is 4.73. The fraction of sp³-hybridized carbons (Fsp3) is 1.00. The van der Waals surface area contributed by atoms with E-state index in [1.165, 1.54) is 32.4 Å². The normalized spacial score (nSPS) is 27.2. The number of hydrogen-bond acceptors (Lipinski definition) is 3. The van der Waals surface area contributed by atoms with E-state index in [0.717, 1.165) is 38.5 Å². The summed E-state index contributed by atoms with van der Waals surface area (Å²) >= 11 is 0. The number of piperidine rings is 1. The van der Waals surface area contributed by atoms with Crippen molar-refractivity contribution in [2.75, 3.05) is 39.5 Å². The first kappa shape index (κ1) is 13.3. The van der Waals surface area contributed by atoms with Gasteiger partial charge in [-0.1, -0.05) is 13.3 Å². The number of rotatable bonds is 4. The molecule has 3 heteroatoms. The van der Waals surface area contributed by atoms with E-state index in [-0.39, 0.29) is 5.41 Å². The van der Waals surface area contributed by atoms with E-state index in [0.29, 0.717) is 6.61 Å². The minimum Gasteiger partial charge on any atom is -0.396 e. The van der Waals surface area contributed by atoms with Crippen LogP contribution in [-0.2, 0) is 4.74 Å². The number of ether oxygens (including phenoxy) is 1. The zero-order valence-electron chi connectivity index (χ0n) is 11.2. The molecule has 100 valence electrons. The van der Waals surface area contributed by atoms with Gasteiger partial charge in [0.1, 0.15) is 0 Å². The van der Waals surface area contributed by atoms with Gasteiger partial charge in [0.05, 0.1) is 6.61 Å². The van der Waals surface area contributed by atoms with Gasteiger partial charge >= 0.3 is 0 Å². The second kappa shape index (κ2) is 6.17. The van der Waals surface area contributed by atoms with E-state index < -0.39 is 0 Å². The van der Waals surface area contributed by atoms with Crippen LogP contribution in [0.2, 0.25) is 0 Å². The molecule has 2 heterocycles. The van der Waals surface area contributed by atoms with Crippen molar-refractivity contribution in [3.05, 3.63) is 0 Å². The first-order valence-electron chi connectivity index (χ1n) is 7.19. The van der Waals surface area contributed by atoms with Crippen LogP contribution >= 0.6 is 0 Å². The fourth-order valence-corrected chi connectivity index (χ4v) is 3.20. The third kappa shape index (κ3) is 3.43. The van der Waals surface area contributed by atoms with E-state index in [1.54, 1.807) is 0 Å². The molecule has 0 aromatic heterocycles. The van der Waals surface area contributed by atoms with Crippen LogP contribution in [0.4, 0.5) is 0 Å². The average Bonchev–Trinajstić information content (AvgIpc) is 2.41. The van der Waals surface area contributed by atoms with Gasteiger partial charge in [0.2, 0.25) is 0 Å². The SMILES string of the molecule is CCC1CCN(CC2(CO)CCOCC2)CC1. The highest BCUT2D eigenvalue weighted by Gasteiger charge is 2.34. The van der Waals surface area contributed by atoms with Gasteiger partial charge in [0.15, 0.2) is 0 Å². The Labute approximate surface area is 105 Å². The predicted molar refractivity (Wildman–Crippen MR) is 69.0 cm³/mol. The summed E-state index contributed by atoms with van der Waals surface area (Å²) in [6, 6.07) is 0. The Morgan fingerprint density at radius 1 is 1.24 bits per heavy atom. The highest BCUT2D eigenvalue weighted by molar-refractivity contribution is 4.86. The van der Waals surface area contributed by atoms with Crippen LogP contribution in [0.15, 0.2) is 0 Å². The highest BCUT2D eigenvalue weighted by atomic mass is 16.5. The molecule has 2 saturated heterocycles. The Balaban J connectivity index is 1.82. The average molecular weight is 241 g/mol. The molecule has 0 atom stereocenters. The van der Waals surface area contributed by atoms with E-state index in [9.17, 15) is 5.11 Å². The smallest absolute Gasteiger partial charge is 0.0501 e. The molecule has 17 heavy (non-hydrogen) atoms. The largest absolute Gasteiger partial charge is 0.396 e. The molecule has 2 fully saturated rings. The summed E-state index contributed by atoms with van der Waals surface area (Å²) in [5.41, 5.74) is 0.122. The standard InChI is InChI=1S/C14H27NO2/c1-2-13-3-7-15(8-4-13)11-14(12-16)5-9-17-10-6-14/h13,16H,2-12H2,1H3. The molecular formula is C14H27NO2. The van der Waals surface area contributed by atoms with Gasteiger partial charge in [-0.05, 0) is 44.7 Å². The summed E-state index contributed by atoms with van der Waals surface area (Å²) in [7, 11) is 0. The minimum absolute atomic E-state index is 0.122. The summed E-state index contributed by atoms with van der Waals surface area (Å²) in [5, 5.41) is 9.69. The van der Waals surface area contributed by atoms with Crippen LogP contribution in [0.1, 0.15) is 39.0 Å². The van der Waals surface area contributed by atoms with Gasteiger partial charge in [0.25, 0.3) is 0 Å². The summed E-state index contributed by atoms with van der Waals surface area (Å²) in [5.74, 6) is 0.936. The maximum atomic E-state index is 9.69. The van der Waals surface area contributed by atoms with Crippen molar-refractivity contribution >= 4 is 0 Å². The Bertz CT molecular complexity index is 218. The molecule has 2 aliphatic rings. The predicted octanol–water partition coefficient (Wildman–Crippen LogP) is 1.90. The second-order valence-electron chi connectivity index (χ2n) is 5.90. The molecule has 0 amide bonds. The lowest BCUT2D eigenvalue weighted by Gasteiger charge is -2.42. The monoisotopic (exact) mass is 241 g/mol. The maximum absolute atomic E-state index is 9.69. The van der Waals surface area contributed by atoms with Crippen molar-refractivity contribution < 1.29 is 9.84 Å². The Kier molecular flexibility index (Phi) is 4.83. The summed E-state index contributed by atoms with van der Waals surface area (Å²) < 4.78 is 5.42. The van der Waals surface area contributed by atoms with Crippen molar-refractivity contribution in [2.45, 2.75) is 39.0 Å². The van der Waals surface area contributed by atoms with Gasteiger partial charge in [-0.15, -0.1) is 0 Å². The number of aliphatic hydroxyl groups excluding tert-OH is 1. The van der Waals surface area contributed by atoms with Crippen molar-refractivity contribution in [3.8, 4) is 0 Å². The molecule has 2 aliphatic heterocycles. The van der Waals surface area contributed by atoms with Crippen molar-refractivity contribution in [3.63, 3.8) is 0 Å². The molecule has 0 saturated carbocycles. The molecule has 0 radical (unpaired) electrons. The van der Waals surface area contributed by atoms with Gasteiger partial charge in [-0.25, -0.2) is 0 Å². The molecule has 1 N–H and O–H groups in total. The fourth-order valence-electron chi connectivity index (χ4n) is 3.20. The quantitative estimate of drug-likeness (QED) is 0.816. The zero-order valence-corrected chi connectivity index (χ0v) is 11.2. The van der Waals surface area contributed by atoms with Crippen LogP contribution in [0.25, 0.3) is 0 Å². The number of aliphatic hydroxyl groups is 1. The third-order valence-electron chi connectivity index (χ3n) is 4.73. The summed E-state index contributed by atoms with van der Waals surface area (Å²) in [6.07, 6.45) is 6.06. The van der Waals surface area contributed by atoms with Gasteiger partial charge < -0.3 is 14.7 Å². The first-order chi connectivity index (χ1) is 8.28. The van der Waals surface area contributed by atoms with Crippen LogP contribution in [0.5, 0.6) is 0 Å². The lowest BCUT2D eigenvalue weighted by molar-refractivity contribution is -0.0385. The molecule has 0 bridgehead atoms. The van der Waals surface area contributed by atoms with Crippen LogP contribution < -0.4 is 0 Å². The second-order valence-corrected chi connectivity index (χ2v) is 5.90. The lowest BCUT2D eigenvalue weighted by Crippen LogP contribution is -2.46. The molecule has 0 unspecified atom stereocenters. The zero-order chi connectivity index (χ0) is 12.1. The topological polar surface area (TPSA) is 32.7 Å². The van der Waals surface area contributed by atoms with E-state index in [2.05, 4.69) is 11.8 Å². The molecule has 0 aliphatic carbocycles. The molecular weight excluding hydrogens is 214 g/mol. The van der Waals surface area contributed by atoms with Crippen LogP contribution in [-0.4, -0.2) is 49.5 Å². The van der Waals surface area contributed by atoms with Crippen LogP contribution in [0.3, 0.4) is 0 Å². The highest BCUT2D eigenvalue weighted by Crippen LogP contribution is 2.32. The minimum atomic E-state index is 0.122. The van der Waals surface area contributed by atoms with Crippen LogP contribution in [0, 0.1) is 11.3 Å². The summed E-state index contributed by atoms with van der Waals surface area (Å²) in [4.78, 5) is 2.56. The van der Waals surface area contributed by atoms with Gasteiger partial charge in [-0.2, -0.15) is 0 Å². The maximum Gasteiger partial charge on any atom is 0.0501 e. The first-order valence-corrected chi connectivity index (χ1v) is 7.19. The molecule has 3 nitrogen and oxygen atoms in total. The number of hydrogen-bond donors (Lipinski definition) is 1. The lowest BCUT2D eigenvalue weighted by atomic mass is 9.80. The number of likely N-dealkylation sites (tertiary alicyclic amines) is 1. The van der Waals surface area contributed by atoms with E-state index in [4.69, 9.17) is 4.74 Å². The van der Waals surface area contributed by atoms with Crippen molar-refractivity contribution in [1.82, 2.24) is 4.90 Å². The Hall–Kier alpha value is -0.120. The molecule has 2 rings (SSSR count). The molecule has 0 aromatic rings. The molecule has 0 aromatic carbocycles. The number of nitrogens with zero attached hydrogens (tertiary/aromatic N) is 1. The van der Waals surface area contributed by atoms with Crippen molar-refractivity contribution in [1.29, 1.82) is 0 Å². The molecule has 0 spiro atoms. The van der Waals surface area contributed by atoms with Gasteiger partial charge in [0, 0.05) is 25.2 Å². The van der Waals surface area contributed by atoms with Crippen molar-refractivity contribution in [2.24, 2.45) is 11.3 Å². The Morgan fingerprint density at radius 3 is 2.41 bits per heavy atom. The van der Waals surface area contributed by atoms with E-state index >= 15 is 0 Å². The summed E-state index contributed by atoms with van der Waals surface area (Å²) in [6.45, 7) is 7.79. The van der Waals surface area contributed by atoms with E-state index in [1.807, 2.05) is 0 Å². The Morgan fingerprint density at radius 2 is 1.88 bits per heavy atom.